The third-order valence-corrected chi connectivity index (χ3v) is 2.22. The van der Waals surface area contributed by atoms with Crippen LogP contribution in [0.4, 0.5) is 13.2 Å². The molecule has 1 N–H and O–H groups in total. The van der Waals surface area contributed by atoms with Gasteiger partial charge in [-0.15, -0.1) is 13.2 Å². The number of alkyl halides is 3. The van der Waals surface area contributed by atoms with Crippen LogP contribution in [-0.4, -0.2) is 31.4 Å². The van der Waals surface area contributed by atoms with Gasteiger partial charge in [-0.1, -0.05) is 0 Å². The topological polar surface area (TPSA) is 64.6 Å². The molecule has 0 heterocycles. The van der Waals surface area contributed by atoms with E-state index in [1.807, 2.05) is 0 Å². The highest BCUT2D eigenvalue weighted by atomic mass is 19.4. The van der Waals surface area contributed by atoms with Crippen LogP contribution in [0.2, 0.25) is 0 Å². The molecule has 110 valence electrons. The molecule has 0 aromatic heterocycles. The van der Waals surface area contributed by atoms with E-state index in [2.05, 4.69) is 10.1 Å². The van der Waals surface area contributed by atoms with Crippen LogP contribution in [0.25, 0.3) is 0 Å². The van der Waals surface area contributed by atoms with E-state index in [1.165, 1.54) is 14.0 Å². The van der Waals surface area contributed by atoms with E-state index >= 15 is 0 Å². The first-order valence-corrected chi connectivity index (χ1v) is 5.51. The second-order valence-corrected chi connectivity index (χ2v) is 3.73. The molecule has 20 heavy (non-hydrogen) atoms. The summed E-state index contributed by atoms with van der Waals surface area (Å²) in [4.78, 5) is 22.8. The molecule has 1 aromatic rings. The van der Waals surface area contributed by atoms with Gasteiger partial charge in [0.2, 0.25) is 0 Å². The van der Waals surface area contributed by atoms with Gasteiger partial charge in [0.25, 0.3) is 5.91 Å². The number of hydrogen-bond donors (Lipinski definition) is 1. The van der Waals surface area contributed by atoms with E-state index in [0.717, 1.165) is 24.3 Å². The molecular weight excluding hydrogens is 279 g/mol. The van der Waals surface area contributed by atoms with Gasteiger partial charge in [-0.25, -0.2) is 4.79 Å². The number of hydrogen-bond acceptors (Lipinski definition) is 4. The fraction of sp³-hybridized carbons (Fsp3) is 0.333. The zero-order valence-corrected chi connectivity index (χ0v) is 10.7. The summed E-state index contributed by atoms with van der Waals surface area (Å²) in [5.41, 5.74) is 0.00952. The number of rotatable bonds is 4. The number of benzene rings is 1. The molecular formula is C12H12F3NO4. The molecule has 0 radical (unpaired) electrons. The summed E-state index contributed by atoms with van der Waals surface area (Å²) in [7, 11) is 1.38. The zero-order chi connectivity index (χ0) is 15.3. The first-order chi connectivity index (χ1) is 9.23. The summed E-state index contributed by atoms with van der Waals surface area (Å²) in [6, 6.07) is 4.18. The van der Waals surface area contributed by atoms with Gasteiger partial charge in [-0.3, -0.25) is 4.79 Å². The van der Waals surface area contributed by atoms with E-state index in [-0.39, 0.29) is 5.56 Å². The highest BCUT2D eigenvalue weighted by Crippen LogP contribution is 2.22. The Morgan fingerprint density at radius 3 is 2.20 bits per heavy atom. The van der Waals surface area contributed by atoms with E-state index in [1.54, 1.807) is 0 Å². The third kappa shape index (κ3) is 4.79. The summed E-state index contributed by atoms with van der Waals surface area (Å²) in [5.74, 6) is -1.76. The van der Waals surface area contributed by atoms with Crippen molar-refractivity contribution in [2.24, 2.45) is 0 Å². The van der Waals surface area contributed by atoms with Crippen LogP contribution < -0.4 is 10.1 Å². The summed E-state index contributed by atoms with van der Waals surface area (Å²) < 4.78 is 44.3. The van der Waals surface area contributed by atoms with Crippen LogP contribution in [0.1, 0.15) is 17.3 Å². The molecule has 0 saturated carbocycles. The van der Waals surface area contributed by atoms with Crippen molar-refractivity contribution < 1.29 is 32.2 Å². The highest BCUT2D eigenvalue weighted by molar-refractivity contribution is 5.92. The van der Waals surface area contributed by atoms with Gasteiger partial charge in [0.15, 0.2) is 6.10 Å². The van der Waals surface area contributed by atoms with Crippen LogP contribution in [0.5, 0.6) is 5.75 Å². The van der Waals surface area contributed by atoms with Crippen LogP contribution >= 0.6 is 0 Å². The minimum atomic E-state index is -4.80. The minimum absolute atomic E-state index is 0.00952. The van der Waals surface area contributed by atoms with E-state index in [4.69, 9.17) is 4.74 Å². The standard InChI is InChI=1S/C12H12F3NO4/c1-7(10(17)16-2)19-11(18)8-3-5-9(6-4-8)20-12(13,14)15/h3-7H,1-2H3,(H,16,17)/t7-/m1/s1. The lowest BCUT2D eigenvalue weighted by molar-refractivity contribution is -0.274. The zero-order valence-electron chi connectivity index (χ0n) is 10.7. The average Bonchev–Trinajstić information content (AvgIpc) is 2.36. The number of ether oxygens (including phenoxy) is 2. The molecule has 0 fully saturated rings. The van der Waals surface area contributed by atoms with Gasteiger partial charge in [-0.05, 0) is 31.2 Å². The smallest absolute Gasteiger partial charge is 0.449 e. The third-order valence-electron chi connectivity index (χ3n) is 2.22. The molecule has 0 saturated heterocycles. The number of halogens is 3. The first kappa shape index (κ1) is 15.8. The Bertz CT molecular complexity index is 484. The van der Waals surface area contributed by atoms with Gasteiger partial charge in [-0.2, -0.15) is 0 Å². The Labute approximate surface area is 112 Å². The molecule has 0 unspecified atom stereocenters. The van der Waals surface area contributed by atoms with Gasteiger partial charge in [0, 0.05) is 7.05 Å². The molecule has 1 rings (SSSR count). The monoisotopic (exact) mass is 291 g/mol. The van der Waals surface area contributed by atoms with Gasteiger partial charge >= 0.3 is 12.3 Å². The van der Waals surface area contributed by atoms with E-state index in [9.17, 15) is 22.8 Å². The Morgan fingerprint density at radius 1 is 1.20 bits per heavy atom. The first-order valence-electron chi connectivity index (χ1n) is 5.51. The lowest BCUT2D eigenvalue weighted by Gasteiger charge is -2.12. The number of esters is 1. The van der Waals surface area contributed by atoms with Crippen LogP contribution in [-0.2, 0) is 9.53 Å². The molecule has 1 aromatic carbocycles. The number of amides is 1. The maximum Gasteiger partial charge on any atom is 0.573 e. The fourth-order valence-corrected chi connectivity index (χ4v) is 1.28. The second-order valence-electron chi connectivity index (χ2n) is 3.73. The number of carbonyl (C=O) groups is 2. The number of carbonyl (C=O) groups excluding carboxylic acids is 2. The number of likely N-dealkylation sites (N-methyl/N-ethyl adjacent to an activating group) is 1. The quantitative estimate of drug-likeness (QED) is 0.860. The van der Waals surface area contributed by atoms with E-state index < -0.39 is 30.1 Å². The predicted octanol–water partition coefficient (Wildman–Crippen LogP) is 1.88. The maximum absolute atomic E-state index is 11.9. The predicted molar refractivity (Wildman–Crippen MR) is 62.1 cm³/mol. The second kappa shape index (κ2) is 6.27. The molecule has 0 bridgehead atoms. The molecule has 5 nitrogen and oxygen atoms in total. The largest absolute Gasteiger partial charge is 0.573 e. The number of nitrogens with one attached hydrogen (secondary N) is 1. The van der Waals surface area contributed by atoms with Gasteiger partial charge < -0.3 is 14.8 Å². The molecule has 8 heteroatoms. The van der Waals surface area contributed by atoms with Crippen molar-refractivity contribution >= 4 is 11.9 Å². The van der Waals surface area contributed by atoms with Crippen molar-refractivity contribution in [1.82, 2.24) is 5.32 Å². The summed E-state index contributed by atoms with van der Waals surface area (Å²) >= 11 is 0. The van der Waals surface area contributed by atoms with Crippen molar-refractivity contribution in [3.63, 3.8) is 0 Å². The normalized spacial score (nSPS) is 12.4. The SMILES string of the molecule is CNC(=O)[C@@H](C)OC(=O)c1ccc(OC(F)(F)F)cc1. The molecule has 0 aliphatic rings. The maximum atomic E-state index is 11.9. The van der Waals surface area contributed by atoms with Gasteiger partial charge in [0.05, 0.1) is 5.56 Å². The highest BCUT2D eigenvalue weighted by Gasteiger charge is 2.31. The van der Waals surface area contributed by atoms with Crippen molar-refractivity contribution in [2.45, 2.75) is 19.4 Å². The lowest BCUT2D eigenvalue weighted by atomic mass is 10.2. The van der Waals surface area contributed by atoms with Crippen LogP contribution in [0, 0.1) is 0 Å². The van der Waals surface area contributed by atoms with Crippen LogP contribution in [0.3, 0.4) is 0 Å². The molecule has 0 spiro atoms. The Balaban J connectivity index is 2.69. The Kier molecular flexibility index (Phi) is 4.95. The summed E-state index contributed by atoms with van der Waals surface area (Å²) in [5, 5.41) is 2.30. The molecule has 0 aliphatic carbocycles. The lowest BCUT2D eigenvalue weighted by Crippen LogP contribution is -2.33. The molecule has 1 amide bonds. The Hall–Kier alpha value is -2.25. The van der Waals surface area contributed by atoms with Crippen LogP contribution in [0.15, 0.2) is 24.3 Å². The van der Waals surface area contributed by atoms with Crippen molar-refractivity contribution in [2.75, 3.05) is 7.05 Å². The molecule has 0 aliphatic heterocycles. The average molecular weight is 291 g/mol. The van der Waals surface area contributed by atoms with Crippen molar-refractivity contribution in [3.8, 4) is 5.75 Å². The summed E-state index contributed by atoms with van der Waals surface area (Å²) in [6.45, 7) is 1.37. The van der Waals surface area contributed by atoms with Gasteiger partial charge in [0.1, 0.15) is 5.75 Å². The molecule has 1 atom stereocenters. The van der Waals surface area contributed by atoms with Crippen molar-refractivity contribution in [3.05, 3.63) is 29.8 Å². The Morgan fingerprint density at radius 2 is 1.75 bits per heavy atom. The van der Waals surface area contributed by atoms with Crippen molar-refractivity contribution in [1.29, 1.82) is 0 Å². The fourth-order valence-electron chi connectivity index (χ4n) is 1.28. The van der Waals surface area contributed by atoms with E-state index in [0.29, 0.717) is 0 Å². The minimum Gasteiger partial charge on any atom is -0.449 e. The summed E-state index contributed by atoms with van der Waals surface area (Å²) in [6.07, 6.45) is -5.80.